The third-order valence-electron chi connectivity index (χ3n) is 3.17. The highest BCUT2D eigenvalue weighted by Gasteiger charge is 2.17. The number of rotatable bonds is 1. The van der Waals surface area contributed by atoms with Crippen LogP contribution >= 0.6 is 0 Å². The Hall–Kier alpha value is -0.630. The van der Waals surface area contributed by atoms with Crippen LogP contribution in [0.3, 0.4) is 0 Å². The summed E-state index contributed by atoms with van der Waals surface area (Å²) in [5, 5.41) is 9.67. The van der Waals surface area contributed by atoms with E-state index in [2.05, 4.69) is 19.9 Å². The maximum absolute atomic E-state index is 10.7. The van der Waals surface area contributed by atoms with Crippen LogP contribution in [0, 0.1) is 11.8 Å². The van der Waals surface area contributed by atoms with E-state index in [1.807, 2.05) is 0 Å². The second-order valence-electron chi connectivity index (χ2n) is 4.48. The third-order valence-corrected chi connectivity index (χ3v) is 3.17. The molecule has 0 aromatic rings. The minimum atomic E-state index is -0.188. The molecule has 1 N–H and O–H groups in total. The zero-order valence-corrected chi connectivity index (χ0v) is 9.07. The summed E-state index contributed by atoms with van der Waals surface area (Å²) in [5.41, 5.74) is 0.901. The molecule has 0 amide bonds. The standard InChI is InChI=1S/C12H20O2/c1-9-6-11(8-13)4-3-5-12(14)7-10(9)2/h6,8-10,12,14H,3-5,7H2,1-2H3. The normalized spacial score (nSPS) is 35.1. The van der Waals surface area contributed by atoms with Crippen LogP contribution < -0.4 is 0 Å². The molecule has 0 saturated carbocycles. The molecular formula is C12H20O2. The van der Waals surface area contributed by atoms with Crippen LogP contribution in [-0.4, -0.2) is 17.5 Å². The maximum Gasteiger partial charge on any atom is 0.145 e. The van der Waals surface area contributed by atoms with E-state index in [9.17, 15) is 9.90 Å². The third kappa shape index (κ3) is 3.26. The van der Waals surface area contributed by atoms with Gasteiger partial charge in [0.1, 0.15) is 6.29 Å². The Labute approximate surface area is 86.0 Å². The first-order valence-corrected chi connectivity index (χ1v) is 5.47. The lowest BCUT2D eigenvalue weighted by molar-refractivity contribution is -0.105. The summed E-state index contributed by atoms with van der Waals surface area (Å²) in [6.07, 6.45) is 6.25. The van der Waals surface area contributed by atoms with Crippen molar-refractivity contribution in [2.24, 2.45) is 11.8 Å². The fourth-order valence-corrected chi connectivity index (χ4v) is 1.99. The quantitative estimate of drug-likeness (QED) is 0.653. The Morgan fingerprint density at radius 2 is 2.21 bits per heavy atom. The molecular weight excluding hydrogens is 176 g/mol. The van der Waals surface area contributed by atoms with Crippen molar-refractivity contribution in [3.8, 4) is 0 Å². The van der Waals surface area contributed by atoms with Crippen LogP contribution in [0.1, 0.15) is 39.5 Å². The predicted octanol–water partition coefficient (Wildman–Crippen LogP) is 2.32. The van der Waals surface area contributed by atoms with Gasteiger partial charge in [-0.15, -0.1) is 0 Å². The highest BCUT2D eigenvalue weighted by molar-refractivity contribution is 5.73. The zero-order valence-electron chi connectivity index (χ0n) is 9.07. The van der Waals surface area contributed by atoms with Crippen LogP contribution in [0.15, 0.2) is 11.6 Å². The van der Waals surface area contributed by atoms with Gasteiger partial charge in [0.25, 0.3) is 0 Å². The van der Waals surface area contributed by atoms with Crippen molar-refractivity contribution in [1.82, 2.24) is 0 Å². The lowest BCUT2D eigenvalue weighted by atomic mass is 9.89. The van der Waals surface area contributed by atoms with Crippen LogP contribution in [0.25, 0.3) is 0 Å². The Balaban J connectivity index is 2.71. The summed E-state index contributed by atoms with van der Waals surface area (Å²) < 4.78 is 0. The van der Waals surface area contributed by atoms with E-state index < -0.39 is 0 Å². The first kappa shape index (κ1) is 11.4. The van der Waals surface area contributed by atoms with Crippen LogP contribution in [-0.2, 0) is 4.79 Å². The minimum absolute atomic E-state index is 0.188. The van der Waals surface area contributed by atoms with Gasteiger partial charge >= 0.3 is 0 Å². The average molecular weight is 196 g/mol. The Morgan fingerprint density at radius 1 is 1.50 bits per heavy atom. The van der Waals surface area contributed by atoms with Gasteiger partial charge in [0.2, 0.25) is 0 Å². The summed E-state index contributed by atoms with van der Waals surface area (Å²) in [4.78, 5) is 10.7. The number of hydrogen-bond acceptors (Lipinski definition) is 2. The van der Waals surface area contributed by atoms with Gasteiger partial charge in [-0.05, 0) is 43.1 Å². The monoisotopic (exact) mass is 196 g/mol. The Morgan fingerprint density at radius 3 is 2.86 bits per heavy atom. The molecule has 0 saturated heterocycles. The van der Waals surface area contributed by atoms with Gasteiger partial charge in [-0.2, -0.15) is 0 Å². The van der Waals surface area contributed by atoms with E-state index >= 15 is 0 Å². The van der Waals surface area contributed by atoms with Crippen molar-refractivity contribution in [3.63, 3.8) is 0 Å². The zero-order chi connectivity index (χ0) is 10.6. The van der Waals surface area contributed by atoms with Gasteiger partial charge in [-0.1, -0.05) is 19.9 Å². The van der Waals surface area contributed by atoms with Crippen molar-refractivity contribution < 1.29 is 9.90 Å². The number of aliphatic hydroxyl groups is 1. The maximum atomic E-state index is 10.7. The molecule has 0 heterocycles. The molecule has 1 rings (SSSR count). The number of carbonyl (C=O) groups excluding carboxylic acids is 1. The fourth-order valence-electron chi connectivity index (χ4n) is 1.99. The molecule has 1 aliphatic rings. The van der Waals surface area contributed by atoms with Gasteiger partial charge in [0.15, 0.2) is 0 Å². The highest BCUT2D eigenvalue weighted by Crippen LogP contribution is 2.24. The van der Waals surface area contributed by atoms with E-state index in [4.69, 9.17) is 0 Å². The van der Waals surface area contributed by atoms with E-state index in [1.54, 1.807) is 0 Å². The molecule has 0 aromatic carbocycles. The number of allylic oxidation sites excluding steroid dienone is 2. The van der Waals surface area contributed by atoms with Crippen LogP contribution in [0.5, 0.6) is 0 Å². The second kappa shape index (κ2) is 5.30. The molecule has 0 spiro atoms. The van der Waals surface area contributed by atoms with Gasteiger partial charge < -0.3 is 5.11 Å². The Kier molecular flexibility index (Phi) is 4.33. The second-order valence-corrected chi connectivity index (χ2v) is 4.48. The highest BCUT2D eigenvalue weighted by atomic mass is 16.3. The summed E-state index contributed by atoms with van der Waals surface area (Å²) in [7, 11) is 0. The number of aldehydes is 1. The van der Waals surface area contributed by atoms with Crippen LogP contribution in [0.2, 0.25) is 0 Å². The molecule has 2 nitrogen and oxygen atoms in total. The van der Waals surface area contributed by atoms with Crippen LogP contribution in [0.4, 0.5) is 0 Å². The first-order chi connectivity index (χ1) is 6.63. The van der Waals surface area contributed by atoms with Gasteiger partial charge in [0, 0.05) is 0 Å². The van der Waals surface area contributed by atoms with Crippen molar-refractivity contribution in [2.75, 3.05) is 0 Å². The smallest absolute Gasteiger partial charge is 0.145 e. The van der Waals surface area contributed by atoms with Crippen molar-refractivity contribution >= 4 is 6.29 Å². The van der Waals surface area contributed by atoms with Crippen molar-refractivity contribution in [1.29, 1.82) is 0 Å². The fraction of sp³-hybridized carbons (Fsp3) is 0.750. The van der Waals surface area contributed by atoms with E-state index in [1.165, 1.54) is 0 Å². The molecule has 14 heavy (non-hydrogen) atoms. The van der Waals surface area contributed by atoms with E-state index in [-0.39, 0.29) is 6.10 Å². The summed E-state index contributed by atoms with van der Waals surface area (Å²) in [5.74, 6) is 0.848. The molecule has 2 heteroatoms. The average Bonchev–Trinajstić information content (AvgIpc) is 2.19. The molecule has 3 atom stereocenters. The number of hydrogen-bond donors (Lipinski definition) is 1. The summed E-state index contributed by atoms with van der Waals surface area (Å²) in [6, 6.07) is 0. The lowest BCUT2D eigenvalue weighted by Gasteiger charge is -2.18. The number of carbonyl (C=O) groups is 1. The molecule has 0 aromatic heterocycles. The van der Waals surface area contributed by atoms with Gasteiger partial charge in [0.05, 0.1) is 6.10 Å². The molecule has 0 radical (unpaired) electrons. The molecule has 3 unspecified atom stereocenters. The molecule has 0 bridgehead atoms. The minimum Gasteiger partial charge on any atom is -0.393 e. The predicted molar refractivity (Wildman–Crippen MR) is 56.9 cm³/mol. The molecule has 0 aliphatic heterocycles. The van der Waals surface area contributed by atoms with Crippen molar-refractivity contribution in [2.45, 2.75) is 45.6 Å². The molecule has 80 valence electrons. The van der Waals surface area contributed by atoms with Gasteiger partial charge in [-0.3, -0.25) is 4.79 Å². The van der Waals surface area contributed by atoms with E-state index in [0.717, 1.165) is 37.5 Å². The summed E-state index contributed by atoms with van der Waals surface area (Å²) in [6.45, 7) is 4.25. The summed E-state index contributed by atoms with van der Waals surface area (Å²) >= 11 is 0. The van der Waals surface area contributed by atoms with Crippen molar-refractivity contribution in [3.05, 3.63) is 11.6 Å². The molecule has 1 aliphatic carbocycles. The SMILES string of the molecule is CC1C=C(C=O)CCCC(O)CC1C. The number of aliphatic hydroxyl groups excluding tert-OH is 1. The first-order valence-electron chi connectivity index (χ1n) is 5.47. The van der Waals surface area contributed by atoms with Gasteiger partial charge in [-0.25, -0.2) is 0 Å². The Bertz CT molecular complexity index is 220. The van der Waals surface area contributed by atoms with E-state index in [0.29, 0.717) is 11.8 Å². The molecule has 0 fully saturated rings. The lowest BCUT2D eigenvalue weighted by Crippen LogP contribution is -2.15. The largest absolute Gasteiger partial charge is 0.393 e. The topological polar surface area (TPSA) is 37.3 Å².